The van der Waals surface area contributed by atoms with E-state index >= 15 is 0 Å². The molecule has 6 rings (SSSR count). The van der Waals surface area contributed by atoms with Gasteiger partial charge in [-0.25, -0.2) is 4.98 Å². The molecule has 5 nitrogen and oxygen atoms in total. The molecular formula is C31H26BrClN4O. The molecule has 0 bridgehead atoms. The van der Waals surface area contributed by atoms with E-state index in [-0.39, 0.29) is 11.8 Å². The van der Waals surface area contributed by atoms with Crippen LogP contribution in [-0.2, 0) is 17.9 Å². The van der Waals surface area contributed by atoms with Crippen molar-refractivity contribution in [2.24, 2.45) is 5.92 Å². The lowest BCUT2D eigenvalue weighted by molar-refractivity contribution is -0.122. The molecule has 7 heteroatoms. The van der Waals surface area contributed by atoms with Crippen LogP contribution in [0.25, 0.3) is 16.9 Å². The Kier molecular flexibility index (Phi) is 6.92. The fourth-order valence-electron chi connectivity index (χ4n) is 4.83. The van der Waals surface area contributed by atoms with Crippen molar-refractivity contribution in [1.82, 2.24) is 14.7 Å². The SMILES string of the molecule is O=C(NCc1ccc(CNc2cc(-c3ccccc3Cl)nc3c(Br)ccn23)cc1)[C@@H]1C[C@H]1c1ccccc1. The van der Waals surface area contributed by atoms with Gasteiger partial charge in [0, 0.05) is 41.9 Å². The Hall–Kier alpha value is -3.61. The number of carbonyl (C=O) groups is 1. The van der Waals surface area contributed by atoms with E-state index in [2.05, 4.69) is 63.0 Å². The summed E-state index contributed by atoms with van der Waals surface area (Å²) in [5.74, 6) is 1.49. The zero-order valence-electron chi connectivity index (χ0n) is 20.6. The molecule has 0 aliphatic heterocycles. The van der Waals surface area contributed by atoms with Crippen LogP contribution in [-0.4, -0.2) is 15.3 Å². The second kappa shape index (κ2) is 10.6. The van der Waals surface area contributed by atoms with Gasteiger partial charge in [-0.3, -0.25) is 9.20 Å². The van der Waals surface area contributed by atoms with Crippen LogP contribution in [0.1, 0.15) is 29.0 Å². The number of nitrogens with zero attached hydrogens (tertiary/aromatic N) is 2. The summed E-state index contributed by atoms with van der Waals surface area (Å²) in [6.45, 7) is 1.18. The van der Waals surface area contributed by atoms with Crippen LogP contribution in [0.4, 0.5) is 5.82 Å². The van der Waals surface area contributed by atoms with Crippen LogP contribution in [0.5, 0.6) is 0 Å². The maximum Gasteiger partial charge on any atom is 0.224 e. The molecule has 1 aliphatic rings. The molecular weight excluding hydrogens is 560 g/mol. The first-order chi connectivity index (χ1) is 18.6. The molecule has 0 spiro atoms. The zero-order chi connectivity index (χ0) is 26.1. The Morgan fingerprint density at radius 1 is 0.947 bits per heavy atom. The van der Waals surface area contributed by atoms with E-state index < -0.39 is 0 Å². The summed E-state index contributed by atoms with van der Waals surface area (Å²) in [4.78, 5) is 17.4. The third kappa shape index (κ3) is 5.19. The Morgan fingerprint density at radius 3 is 2.42 bits per heavy atom. The van der Waals surface area contributed by atoms with Gasteiger partial charge in [0.25, 0.3) is 0 Å². The summed E-state index contributed by atoms with van der Waals surface area (Å²) in [5, 5.41) is 7.32. The smallest absolute Gasteiger partial charge is 0.224 e. The van der Waals surface area contributed by atoms with Crippen LogP contribution in [0, 0.1) is 5.92 Å². The van der Waals surface area contributed by atoms with Gasteiger partial charge >= 0.3 is 0 Å². The molecule has 2 atom stereocenters. The average Bonchev–Trinajstić information content (AvgIpc) is 3.68. The molecule has 2 N–H and O–H groups in total. The van der Waals surface area contributed by atoms with Crippen molar-refractivity contribution in [3.63, 3.8) is 0 Å². The van der Waals surface area contributed by atoms with Gasteiger partial charge in [-0.2, -0.15) is 0 Å². The zero-order valence-corrected chi connectivity index (χ0v) is 22.9. The molecule has 0 saturated heterocycles. The quantitative estimate of drug-likeness (QED) is 0.199. The van der Waals surface area contributed by atoms with Crippen LogP contribution in [0.15, 0.2) is 102 Å². The summed E-state index contributed by atoms with van der Waals surface area (Å²) in [6, 6.07) is 30.4. The second-order valence-corrected chi connectivity index (χ2v) is 10.9. The molecule has 38 heavy (non-hydrogen) atoms. The Labute approximate surface area is 235 Å². The average molecular weight is 586 g/mol. The number of rotatable bonds is 8. The number of nitrogens with one attached hydrogen (secondary N) is 2. The lowest BCUT2D eigenvalue weighted by Crippen LogP contribution is -2.24. The minimum absolute atomic E-state index is 0.0856. The highest BCUT2D eigenvalue weighted by Crippen LogP contribution is 2.47. The van der Waals surface area contributed by atoms with E-state index in [1.165, 1.54) is 5.56 Å². The van der Waals surface area contributed by atoms with Gasteiger partial charge in [-0.05, 0) is 57.1 Å². The topological polar surface area (TPSA) is 58.4 Å². The predicted molar refractivity (Wildman–Crippen MR) is 156 cm³/mol. The number of anilines is 1. The van der Waals surface area contributed by atoms with E-state index in [0.29, 0.717) is 24.0 Å². The number of benzene rings is 3. The van der Waals surface area contributed by atoms with E-state index in [1.807, 2.05) is 65.2 Å². The molecule has 1 fully saturated rings. The maximum atomic E-state index is 12.6. The van der Waals surface area contributed by atoms with E-state index in [0.717, 1.165) is 44.7 Å². The van der Waals surface area contributed by atoms with Crippen LogP contribution in [0.3, 0.4) is 0 Å². The molecule has 0 radical (unpaired) electrons. The highest BCUT2D eigenvalue weighted by Gasteiger charge is 2.43. The minimum atomic E-state index is 0.0856. The lowest BCUT2D eigenvalue weighted by atomic mass is 10.1. The number of hydrogen-bond acceptors (Lipinski definition) is 3. The van der Waals surface area contributed by atoms with Crippen molar-refractivity contribution >= 4 is 44.9 Å². The van der Waals surface area contributed by atoms with Gasteiger partial charge in [-0.1, -0.05) is 84.4 Å². The maximum absolute atomic E-state index is 12.6. The van der Waals surface area contributed by atoms with Crippen LogP contribution in [0.2, 0.25) is 5.02 Å². The summed E-state index contributed by atoms with van der Waals surface area (Å²) in [7, 11) is 0. The number of carbonyl (C=O) groups excluding carboxylic acids is 1. The fraction of sp³-hybridized carbons (Fsp3) is 0.161. The van der Waals surface area contributed by atoms with Crippen molar-refractivity contribution in [3.8, 4) is 11.3 Å². The summed E-state index contributed by atoms with van der Waals surface area (Å²) in [5.41, 5.74) is 5.99. The van der Waals surface area contributed by atoms with Crippen molar-refractivity contribution in [2.75, 3.05) is 5.32 Å². The predicted octanol–water partition coefficient (Wildman–Crippen LogP) is 7.45. The number of fused-ring (bicyclic) bond motifs is 1. The third-order valence-electron chi connectivity index (χ3n) is 7.04. The first-order valence-corrected chi connectivity index (χ1v) is 13.8. The van der Waals surface area contributed by atoms with E-state index in [1.54, 1.807) is 0 Å². The summed E-state index contributed by atoms with van der Waals surface area (Å²) in [6.07, 6.45) is 2.91. The molecule has 1 saturated carbocycles. The highest BCUT2D eigenvalue weighted by atomic mass is 79.9. The Bertz CT molecular complexity index is 1600. The number of halogens is 2. The van der Waals surface area contributed by atoms with Crippen molar-refractivity contribution in [3.05, 3.63) is 123 Å². The van der Waals surface area contributed by atoms with Gasteiger partial charge < -0.3 is 10.6 Å². The molecule has 1 aliphatic carbocycles. The van der Waals surface area contributed by atoms with Gasteiger partial charge in [0.2, 0.25) is 5.91 Å². The number of aromatic nitrogens is 2. The fourth-order valence-corrected chi connectivity index (χ4v) is 5.46. The normalized spacial score (nSPS) is 16.4. The summed E-state index contributed by atoms with van der Waals surface area (Å²) >= 11 is 10.1. The first kappa shape index (κ1) is 24.7. The van der Waals surface area contributed by atoms with Crippen molar-refractivity contribution in [1.29, 1.82) is 0 Å². The third-order valence-corrected chi connectivity index (χ3v) is 7.99. The van der Waals surface area contributed by atoms with Gasteiger partial charge in [-0.15, -0.1) is 0 Å². The monoisotopic (exact) mass is 584 g/mol. The van der Waals surface area contributed by atoms with Gasteiger partial charge in [0.1, 0.15) is 5.82 Å². The molecule has 0 unspecified atom stereocenters. The molecule has 3 aromatic carbocycles. The second-order valence-electron chi connectivity index (χ2n) is 9.61. The minimum Gasteiger partial charge on any atom is -0.367 e. The molecule has 2 aromatic heterocycles. The van der Waals surface area contributed by atoms with Crippen molar-refractivity contribution in [2.45, 2.75) is 25.4 Å². The molecule has 1 amide bonds. The molecule has 190 valence electrons. The Morgan fingerprint density at radius 2 is 1.66 bits per heavy atom. The standard InChI is InChI=1S/C31H26BrClN4O/c32-26-14-15-37-29(17-28(36-30(26)37)23-8-4-5-9-27(23)33)34-18-20-10-12-21(13-11-20)19-35-31(38)25-16-24(25)22-6-2-1-3-7-22/h1-15,17,24-25,34H,16,18-19H2,(H,35,38)/t24-,25+/m0/s1. The number of amides is 1. The highest BCUT2D eigenvalue weighted by molar-refractivity contribution is 9.10. The van der Waals surface area contributed by atoms with E-state index in [4.69, 9.17) is 16.6 Å². The molecule has 5 aromatic rings. The van der Waals surface area contributed by atoms with E-state index in [9.17, 15) is 4.79 Å². The van der Waals surface area contributed by atoms with Gasteiger partial charge in [0.15, 0.2) is 5.65 Å². The Balaban J connectivity index is 1.10. The van der Waals surface area contributed by atoms with Crippen LogP contribution >= 0.6 is 27.5 Å². The lowest BCUT2D eigenvalue weighted by Gasteiger charge is -2.13. The van der Waals surface area contributed by atoms with Crippen molar-refractivity contribution < 1.29 is 4.79 Å². The largest absolute Gasteiger partial charge is 0.367 e. The van der Waals surface area contributed by atoms with Crippen LogP contribution < -0.4 is 10.6 Å². The number of hydrogen-bond donors (Lipinski definition) is 2. The summed E-state index contributed by atoms with van der Waals surface area (Å²) < 4.78 is 2.94. The molecule has 2 heterocycles. The first-order valence-electron chi connectivity index (χ1n) is 12.6. The van der Waals surface area contributed by atoms with Gasteiger partial charge in [0.05, 0.1) is 10.2 Å².